The lowest BCUT2D eigenvalue weighted by Crippen LogP contribution is -2.17. The van der Waals surface area contributed by atoms with Gasteiger partial charge in [0, 0.05) is 22.0 Å². The Bertz CT molecular complexity index is 801. The van der Waals surface area contributed by atoms with Crippen molar-refractivity contribution >= 4 is 23.2 Å². The van der Waals surface area contributed by atoms with Gasteiger partial charge in [-0.15, -0.1) is 0 Å². The van der Waals surface area contributed by atoms with E-state index < -0.39 is 0 Å². The lowest BCUT2D eigenvalue weighted by molar-refractivity contribution is -0.112. The first-order chi connectivity index (χ1) is 11.5. The van der Waals surface area contributed by atoms with E-state index >= 15 is 0 Å². The first-order valence-corrected chi connectivity index (χ1v) is 7.82. The molecule has 0 aromatic heterocycles. The van der Waals surface area contributed by atoms with E-state index in [1.807, 2.05) is 48.5 Å². The van der Waals surface area contributed by atoms with Crippen LogP contribution in [0.3, 0.4) is 0 Å². The van der Waals surface area contributed by atoms with Gasteiger partial charge in [0.2, 0.25) is 0 Å². The summed E-state index contributed by atoms with van der Waals surface area (Å²) >= 11 is 5.94. The molecule has 0 bridgehead atoms. The third-order valence-corrected chi connectivity index (χ3v) is 3.65. The molecule has 0 fully saturated rings. The standard InChI is InChI=1S/C20H19ClN2O/c1-3-4-7-17(14(2)22)20(24)23-19-9-6-5-8-18(19)15-10-12-16(21)13-11-15/h3-13H,1,22H2,2H3,(H,23,24)/b7-4-,17-14+. The van der Waals surface area contributed by atoms with E-state index in [9.17, 15) is 4.79 Å². The molecular formula is C20H19ClN2O. The van der Waals surface area contributed by atoms with Crippen LogP contribution in [0.5, 0.6) is 0 Å². The third-order valence-electron chi connectivity index (χ3n) is 3.40. The molecule has 3 nitrogen and oxygen atoms in total. The maximum Gasteiger partial charge on any atom is 0.257 e. The molecule has 2 rings (SSSR count). The Labute approximate surface area is 147 Å². The number of nitrogens with one attached hydrogen (secondary N) is 1. The van der Waals surface area contributed by atoms with Crippen LogP contribution in [0.4, 0.5) is 5.69 Å². The van der Waals surface area contributed by atoms with Crippen LogP contribution < -0.4 is 11.1 Å². The van der Waals surface area contributed by atoms with Crippen molar-refractivity contribution in [2.75, 3.05) is 5.32 Å². The fourth-order valence-corrected chi connectivity index (χ4v) is 2.34. The number of rotatable bonds is 5. The maximum absolute atomic E-state index is 12.5. The van der Waals surface area contributed by atoms with Crippen LogP contribution in [0, 0.1) is 0 Å². The van der Waals surface area contributed by atoms with Crippen molar-refractivity contribution < 1.29 is 4.79 Å². The number of anilines is 1. The van der Waals surface area contributed by atoms with E-state index in [1.54, 1.807) is 25.2 Å². The Kier molecular flexibility index (Phi) is 5.99. The predicted octanol–water partition coefficient (Wildman–Crippen LogP) is 4.92. The van der Waals surface area contributed by atoms with Gasteiger partial charge in [0.15, 0.2) is 0 Å². The minimum Gasteiger partial charge on any atom is -0.402 e. The molecule has 0 aliphatic carbocycles. The molecule has 4 heteroatoms. The topological polar surface area (TPSA) is 55.1 Å². The second kappa shape index (κ2) is 8.18. The average Bonchev–Trinajstić information content (AvgIpc) is 2.56. The Hall–Kier alpha value is -2.78. The lowest BCUT2D eigenvalue weighted by atomic mass is 10.0. The summed E-state index contributed by atoms with van der Waals surface area (Å²) in [6, 6.07) is 15.0. The number of hydrogen-bond donors (Lipinski definition) is 2. The number of nitrogens with two attached hydrogens (primary N) is 1. The summed E-state index contributed by atoms with van der Waals surface area (Å²) in [4.78, 5) is 12.5. The van der Waals surface area contributed by atoms with Crippen LogP contribution in [0.1, 0.15) is 6.92 Å². The summed E-state index contributed by atoms with van der Waals surface area (Å²) in [6.07, 6.45) is 4.91. The lowest BCUT2D eigenvalue weighted by Gasteiger charge is -2.12. The molecule has 1 amide bonds. The van der Waals surface area contributed by atoms with Crippen LogP contribution >= 0.6 is 11.6 Å². The van der Waals surface area contributed by atoms with Crippen molar-refractivity contribution in [2.45, 2.75) is 6.92 Å². The van der Waals surface area contributed by atoms with E-state index in [2.05, 4.69) is 11.9 Å². The molecular weight excluding hydrogens is 320 g/mol. The SMILES string of the molecule is C=C/C=C\C(C(=O)Nc1ccccc1-c1ccc(Cl)cc1)=C(\C)N. The van der Waals surface area contributed by atoms with Crippen LogP contribution in [-0.4, -0.2) is 5.91 Å². The molecule has 122 valence electrons. The zero-order chi connectivity index (χ0) is 17.5. The van der Waals surface area contributed by atoms with Gasteiger partial charge in [-0.25, -0.2) is 0 Å². The zero-order valence-electron chi connectivity index (χ0n) is 13.4. The number of amides is 1. The summed E-state index contributed by atoms with van der Waals surface area (Å²) in [5.74, 6) is -0.269. The minimum atomic E-state index is -0.269. The second-order valence-corrected chi connectivity index (χ2v) is 5.63. The largest absolute Gasteiger partial charge is 0.402 e. The summed E-state index contributed by atoms with van der Waals surface area (Å²) in [6.45, 7) is 5.29. The van der Waals surface area contributed by atoms with Crippen molar-refractivity contribution in [3.8, 4) is 11.1 Å². The first-order valence-electron chi connectivity index (χ1n) is 7.44. The quantitative estimate of drug-likeness (QED) is 0.600. The Morgan fingerprint density at radius 1 is 1.17 bits per heavy atom. The van der Waals surface area contributed by atoms with Gasteiger partial charge < -0.3 is 11.1 Å². The van der Waals surface area contributed by atoms with Crippen molar-refractivity contribution in [3.05, 3.63) is 89.6 Å². The molecule has 0 aliphatic heterocycles. The molecule has 0 heterocycles. The number of benzene rings is 2. The molecule has 0 unspecified atom stereocenters. The van der Waals surface area contributed by atoms with Gasteiger partial charge in [-0.05, 0) is 36.8 Å². The minimum absolute atomic E-state index is 0.269. The molecule has 0 aliphatic rings. The number of allylic oxidation sites excluding steroid dienone is 3. The van der Waals surface area contributed by atoms with E-state index in [4.69, 9.17) is 17.3 Å². The molecule has 0 spiro atoms. The monoisotopic (exact) mass is 338 g/mol. The smallest absolute Gasteiger partial charge is 0.257 e. The van der Waals surface area contributed by atoms with E-state index in [0.717, 1.165) is 11.1 Å². The molecule has 0 radical (unpaired) electrons. The van der Waals surface area contributed by atoms with E-state index in [-0.39, 0.29) is 5.91 Å². The summed E-state index contributed by atoms with van der Waals surface area (Å²) in [7, 11) is 0. The summed E-state index contributed by atoms with van der Waals surface area (Å²) < 4.78 is 0. The normalized spacial score (nSPS) is 11.9. The predicted molar refractivity (Wildman–Crippen MR) is 102 cm³/mol. The fourth-order valence-electron chi connectivity index (χ4n) is 2.21. The molecule has 0 atom stereocenters. The number of halogens is 1. The van der Waals surface area contributed by atoms with Crippen molar-refractivity contribution in [1.29, 1.82) is 0 Å². The van der Waals surface area contributed by atoms with Crippen LogP contribution in [0.25, 0.3) is 11.1 Å². The number of carbonyl (C=O) groups excluding carboxylic acids is 1. The summed E-state index contributed by atoms with van der Waals surface area (Å²) in [5, 5.41) is 3.58. The third kappa shape index (κ3) is 4.37. The van der Waals surface area contributed by atoms with E-state index in [0.29, 0.717) is 22.0 Å². The van der Waals surface area contributed by atoms with Gasteiger partial charge in [0.1, 0.15) is 0 Å². The number of hydrogen-bond acceptors (Lipinski definition) is 2. The Balaban J connectivity index is 2.35. The number of carbonyl (C=O) groups is 1. The second-order valence-electron chi connectivity index (χ2n) is 5.20. The molecule has 2 aromatic rings. The zero-order valence-corrected chi connectivity index (χ0v) is 14.2. The van der Waals surface area contributed by atoms with Crippen LogP contribution in [0.15, 0.2) is 84.6 Å². The van der Waals surface area contributed by atoms with Crippen molar-refractivity contribution in [1.82, 2.24) is 0 Å². The molecule has 24 heavy (non-hydrogen) atoms. The Morgan fingerprint density at radius 3 is 2.46 bits per heavy atom. The highest BCUT2D eigenvalue weighted by Crippen LogP contribution is 2.29. The fraction of sp³-hybridized carbons (Fsp3) is 0.0500. The van der Waals surface area contributed by atoms with Gasteiger partial charge >= 0.3 is 0 Å². The molecule has 2 aromatic carbocycles. The van der Waals surface area contributed by atoms with Gasteiger partial charge in [0.25, 0.3) is 5.91 Å². The average molecular weight is 339 g/mol. The molecule has 0 saturated carbocycles. The van der Waals surface area contributed by atoms with Gasteiger partial charge in [-0.2, -0.15) is 0 Å². The highest BCUT2D eigenvalue weighted by atomic mass is 35.5. The molecule has 0 saturated heterocycles. The van der Waals surface area contributed by atoms with Gasteiger partial charge in [-0.1, -0.05) is 60.7 Å². The van der Waals surface area contributed by atoms with Gasteiger partial charge in [0.05, 0.1) is 5.57 Å². The summed E-state index contributed by atoms with van der Waals surface area (Å²) in [5.41, 5.74) is 9.24. The highest BCUT2D eigenvalue weighted by molar-refractivity contribution is 6.30. The van der Waals surface area contributed by atoms with E-state index in [1.165, 1.54) is 0 Å². The molecule has 3 N–H and O–H groups in total. The Morgan fingerprint density at radius 2 is 1.83 bits per heavy atom. The van der Waals surface area contributed by atoms with Crippen molar-refractivity contribution in [2.24, 2.45) is 5.73 Å². The maximum atomic E-state index is 12.5. The first kappa shape index (κ1) is 17.6. The van der Waals surface area contributed by atoms with Gasteiger partial charge in [-0.3, -0.25) is 4.79 Å². The van der Waals surface area contributed by atoms with Crippen molar-refractivity contribution in [3.63, 3.8) is 0 Å². The van der Waals surface area contributed by atoms with Crippen LogP contribution in [0.2, 0.25) is 5.02 Å². The highest BCUT2D eigenvalue weighted by Gasteiger charge is 2.12. The number of para-hydroxylation sites is 1. The van der Waals surface area contributed by atoms with Crippen LogP contribution in [-0.2, 0) is 4.79 Å².